The Morgan fingerprint density at radius 2 is 1.27 bits per heavy atom. The molecule has 7 heteroatoms. The summed E-state index contributed by atoms with van der Waals surface area (Å²) in [5.74, 6) is -2.10. The number of amides is 2. The number of ether oxygens (including phenoxy) is 1. The van der Waals surface area contributed by atoms with E-state index in [9.17, 15) is 18.8 Å². The molecule has 0 bridgehead atoms. The molecule has 33 heavy (non-hydrogen) atoms. The van der Waals surface area contributed by atoms with E-state index in [1.165, 1.54) is 31.4 Å². The number of methoxy groups -OCH3 is 1. The minimum absolute atomic E-state index is 0.207. The lowest BCUT2D eigenvalue weighted by atomic mass is 10.0. The van der Waals surface area contributed by atoms with Crippen LogP contribution in [0.25, 0.3) is 0 Å². The van der Waals surface area contributed by atoms with Crippen LogP contribution < -0.4 is 10.6 Å². The van der Waals surface area contributed by atoms with Gasteiger partial charge in [0.2, 0.25) is 5.91 Å². The molecule has 3 aromatic carbocycles. The van der Waals surface area contributed by atoms with Crippen molar-refractivity contribution in [3.05, 3.63) is 107 Å². The van der Waals surface area contributed by atoms with Crippen LogP contribution in [0.1, 0.15) is 21.5 Å². The summed E-state index contributed by atoms with van der Waals surface area (Å²) in [5, 5.41) is 5.42. The number of benzene rings is 3. The first-order valence-corrected chi connectivity index (χ1v) is 10.5. The maximum Gasteiger partial charge on any atom is 0.328 e. The van der Waals surface area contributed by atoms with Gasteiger partial charge in [0.05, 0.1) is 7.11 Å². The highest BCUT2D eigenvalue weighted by Crippen LogP contribution is 2.09. The van der Waals surface area contributed by atoms with Gasteiger partial charge in [0.15, 0.2) is 0 Å². The summed E-state index contributed by atoms with van der Waals surface area (Å²) < 4.78 is 18.1. The zero-order valence-corrected chi connectivity index (χ0v) is 18.2. The second kappa shape index (κ2) is 11.6. The van der Waals surface area contributed by atoms with Gasteiger partial charge in [-0.2, -0.15) is 0 Å². The Balaban J connectivity index is 1.79. The Bertz CT molecular complexity index is 1070. The maximum absolute atomic E-state index is 13.2. The van der Waals surface area contributed by atoms with E-state index in [4.69, 9.17) is 4.74 Å². The van der Waals surface area contributed by atoms with Crippen LogP contribution in [-0.4, -0.2) is 37.0 Å². The predicted molar refractivity (Wildman–Crippen MR) is 122 cm³/mol. The molecule has 0 saturated carbocycles. The quantitative estimate of drug-likeness (QED) is 0.493. The third-order valence-electron chi connectivity index (χ3n) is 5.10. The monoisotopic (exact) mass is 448 g/mol. The van der Waals surface area contributed by atoms with Crippen molar-refractivity contribution in [2.75, 3.05) is 7.11 Å². The Kier molecular flexibility index (Phi) is 8.30. The third-order valence-corrected chi connectivity index (χ3v) is 5.10. The number of hydrogen-bond acceptors (Lipinski definition) is 4. The summed E-state index contributed by atoms with van der Waals surface area (Å²) in [6.07, 6.45) is 0.446. The van der Waals surface area contributed by atoms with Gasteiger partial charge < -0.3 is 15.4 Å². The van der Waals surface area contributed by atoms with Crippen molar-refractivity contribution < 1.29 is 23.5 Å². The number of carbonyl (C=O) groups is 3. The fourth-order valence-electron chi connectivity index (χ4n) is 3.36. The first-order chi connectivity index (χ1) is 16.0. The van der Waals surface area contributed by atoms with Crippen molar-refractivity contribution in [2.24, 2.45) is 0 Å². The second-order valence-electron chi connectivity index (χ2n) is 7.50. The molecule has 0 radical (unpaired) electrons. The first-order valence-electron chi connectivity index (χ1n) is 10.5. The van der Waals surface area contributed by atoms with E-state index < -0.39 is 35.7 Å². The largest absolute Gasteiger partial charge is 0.467 e. The zero-order chi connectivity index (χ0) is 23.6. The minimum Gasteiger partial charge on any atom is -0.467 e. The van der Waals surface area contributed by atoms with E-state index >= 15 is 0 Å². The number of rotatable bonds is 9. The molecule has 170 valence electrons. The van der Waals surface area contributed by atoms with Crippen LogP contribution in [0.2, 0.25) is 0 Å². The molecule has 3 aromatic rings. The average Bonchev–Trinajstić information content (AvgIpc) is 2.84. The van der Waals surface area contributed by atoms with E-state index in [0.29, 0.717) is 0 Å². The molecule has 2 N–H and O–H groups in total. The van der Waals surface area contributed by atoms with Crippen LogP contribution in [0.5, 0.6) is 0 Å². The summed E-state index contributed by atoms with van der Waals surface area (Å²) in [5.41, 5.74) is 1.90. The molecule has 2 amide bonds. The van der Waals surface area contributed by atoms with Crippen molar-refractivity contribution in [3.8, 4) is 0 Å². The van der Waals surface area contributed by atoms with Gasteiger partial charge in [0.1, 0.15) is 17.9 Å². The molecular formula is C26H25FN2O4. The smallest absolute Gasteiger partial charge is 0.328 e. The molecule has 0 fully saturated rings. The maximum atomic E-state index is 13.2. The number of halogens is 1. The van der Waals surface area contributed by atoms with Crippen LogP contribution in [0, 0.1) is 5.82 Å². The van der Waals surface area contributed by atoms with Gasteiger partial charge in [-0.1, -0.05) is 60.7 Å². The number of esters is 1. The third kappa shape index (κ3) is 7.00. The van der Waals surface area contributed by atoms with Gasteiger partial charge in [-0.25, -0.2) is 9.18 Å². The molecule has 3 rings (SSSR count). The number of nitrogens with one attached hydrogen (secondary N) is 2. The molecule has 6 nitrogen and oxygen atoms in total. The summed E-state index contributed by atoms with van der Waals surface area (Å²) in [4.78, 5) is 38.3. The lowest BCUT2D eigenvalue weighted by Gasteiger charge is -2.22. The molecule has 0 saturated heterocycles. The van der Waals surface area contributed by atoms with Crippen molar-refractivity contribution in [1.82, 2.24) is 10.6 Å². The van der Waals surface area contributed by atoms with E-state index in [0.717, 1.165) is 11.1 Å². The molecule has 0 spiro atoms. The predicted octanol–water partition coefficient (Wildman–Crippen LogP) is 3.07. The minimum atomic E-state index is -0.965. The fraction of sp³-hybridized carbons (Fsp3) is 0.192. The van der Waals surface area contributed by atoms with Crippen LogP contribution >= 0.6 is 0 Å². The van der Waals surface area contributed by atoms with Crippen LogP contribution in [-0.2, 0) is 27.2 Å². The Labute approximate surface area is 191 Å². The molecule has 0 aliphatic carbocycles. The van der Waals surface area contributed by atoms with Crippen molar-refractivity contribution in [1.29, 1.82) is 0 Å². The van der Waals surface area contributed by atoms with Gasteiger partial charge in [-0.15, -0.1) is 0 Å². The van der Waals surface area contributed by atoms with Crippen molar-refractivity contribution >= 4 is 17.8 Å². The first kappa shape index (κ1) is 23.7. The topological polar surface area (TPSA) is 84.5 Å². The molecular weight excluding hydrogens is 423 g/mol. The van der Waals surface area contributed by atoms with E-state index in [2.05, 4.69) is 10.6 Å². The standard InChI is InChI=1S/C26H25FN2O4/c1-33-26(32)23(17-19-10-6-3-7-11-19)29-25(31)22(16-18-8-4-2-5-9-18)28-24(30)20-12-14-21(27)15-13-20/h2-15,22-23H,16-17H2,1H3,(H,28,30)(H,29,31)/t22-,23?/m0/s1. The molecule has 0 aliphatic rings. The van der Waals surface area contributed by atoms with Gasteiger partial charge >= 0.3 is 5.97 Å². The number of carbonyl (C=O) groups excluding carboxylic acids is 3. The Hall–Kier alpha value is -4.00. The average molecular weight is 448 g/mol. The summed E-state index contributed by atoms with van der Waals surface area (Å²) in [7, 11) is 1.25. The summed E-state index contributed by atoms with van der Waals surface area (Å²) in [6, 6.07) is 21.6. The summed E-state index contributed by atoms with van der Waals surface area (Å²) >= 11 is 0. The van der Waals surface area contributed by atoms with Gasteiger partial charge in [0, 0.05) is 18.4 Å². The normalized spacial score (nSPS) is 12.3. The number of hydrogen-bond donors (Lipinski definition) is 2. The molecule has 0 aromatic heterocycles. The molecule has 2 atom stereocenters. The Morgan fingerprint density at radius 3 is 1.79 bits per heavy atom. The highest BCUT2D eigenvalue weighted by molar-refractivity contribution is 5.98. The molecule has 0 heterocycles. The van der Waals surface area contributed by atoms with Crippen LogP contribution in [0.4, 0.5) is 4.39 Å². The van der Waals surface area contributed by atoms with Gasteiger partial charge in [0.25, 0.3) is 5.91 Å². The lowest BCUT2D eigenvalue weighted by Crippen LogP contribution is -2.53. The highest BCUT2D eigenvalue weighted by Gasteiger charge is 2.28. The molecule has 1 unspecified atom stereocenters. The fourth-order valence-corrected chi connectivity index (χ4v) is 3.36. The van der Waals surface area contributed by atoms with Crippen LogP contribution in [0.15, 0.2) is 84.9 Å². The second-order valence-corrected chi connectivity index (χ2v) is 7.50. The van der Waals surface area contributed by atoms with Crippen LogP contribution in [0.3, 0.4) is 0 Å². The van der Waals surface area contributed by atoms with Gasteiger partial charge in [-0.3, -0.25) is 9.59 Å². The lowest BCUT2D eigenvalue weighted by molar-refractivity contribution is -0.145. The van der Waals surface area contributed by atoms with E-state index in [1.54, 1.807) is 0 Å². The van der Waals surface area contributed by atoms with E-state index in [1.807, 2.05) is 60.7 Å². The zero-order valence-electron chi connectivity index (χ0n) is 18.2. The molecule has 0 aliphatic heterocycles. The van der Waals surface area contributed by atoms with Crippen molar-refractivity contribution in [2.45, 2.75) is 24.9 Å². The van der Waals surface area contributed by atoms with Crippen molar-refractivity contribution in [3.63, 3.8) is 0 Å². The van der Waals surface area contributed by atoms with Gasteiger partial charge in [-0.05, 0) is 35.4 Å². The highest BCUT2D eigenvalue weighted by atomic mass is 19.1. The van der Waals surface area contributed by atoms with E-state index in [-0.39, 0.29) is 18.4 Å². The summed E-state index contributed by atoms with van der Waals surface area (Å²) in [6.45, 7) is 0. The SMILES string of the molecule is COC(=O)C(Cc1ccccc1)NC(=O)[C@H](Cc1ccccc1)NC(=O)c1ccc(F)cc1. The Morgan fingerprint density at radius 1 is 0.758 bits per heavy atom.